The van der Waals surface area contributed by atoms with Crippen LogP contribution in [0.15, 0.2) is 92.0 Å². The Bertz CT molecular complexity index is 926. The van der Waals surface area contributed by atoms with E-state index in [-0.39, 0.29) is 11.7 Å². The number of halogens is 2. The molecule has 0 fully saturated rings. The molecule has 3 aromatic carbocycles. The zero-order valence-corrected chi connectivity index (χ0v) is 15.9. The average molecular weight is 377 g/mol. The number of rotatable bonds is 7. The maximum absolute atomic E-state index is 13.3. The molecule has 0 bridgehead atoms. The first-order chi connectivity index (χ1) is 13.1. The standard InChI is InChI=1S/C25H22ClF/c1-3-7-21(16-19-10-13-23(27)14-11-19)25-17-22(26)12-15-24(25)18(2)20-8-5-4-6-9-20/h3-6,8-15,17,21H,1-2,7,16H2. The van der Waals surface area contributed by atoms with E-state index in [2.05, 4.69) is 25.3 Å². The lowest BCUT2D eigenvalue weighted by Crippen LogP contribution is -2.06. The lowest BCUT2D eigenvalue weighted by molar-refractivity contribution is 0.625. The van der Waals surface area contributed by atoms with Gasteiger partial charge in [-0.15, -0.1) is 6.58 Å². The summed E-state index contributed by atoms with van der Waals surface area (Å²) >= 11 is 6.33. The molecule has 136 valence electrons. The summed E-state index contributed by atoms with van der Waals surface area (Å²) in [4.78, 5) is 0. The lowest BCUT2D eigenvalue weighted by atomic mass is 9.83. The molecule has 1 atom stereocenters. The van der Waals surface area contributed by atoms with E-state index in [0.29, 0.717) is 5.02 Å². The summed E-state index contributed by atoms with van der Waals surface area (Å²) < 4.78 is 13.3. The first-order valence-corrected chi connectivity index (χ1v) is 9.35. The second kappa shape index (κ2) is 8.83. The summed E-state index contributed by atoms with van der Waals surface area (Å²) in [6.45, 7) is 8.25. The van der Waals surface area contributed by atoms with E-state index < -0.39 is 0 Å². The van der Waals surface area contributed by atoms with E-state index in [1.54, 1.807) is 0 Å². The summed E-state index contributed by atoms with van der Waals surface area (Å²) in [5.41, 5.74) is 5.36. The van der Waals surface area contributed by atoms with Crippen LogP contribution in [-0.4, -0.2) is 0 Å². The third-order valence-corrected chi connectivity index (χ3v) is 4.98. The van der Waals surface area contributed by atoms with Gasteiger partial charge in [0.15, 0.2) is 0 Å². The van der Waals surface area contributed by atoms with Crippen LogP contribution in [0.1, 0.15) is 34.6 Å². The van der Waals surface area contributed by atoms with Crippen LogP contribution in [0.5, 0.6) is 0 Å². The Hall–Kier alpha value is -2.64. The Labute approximate surface area is 165 Å². The zero-order valence-electron chi connectivity index (χ0n) is 15.2. The molecule has 0 heterocycles. The highest BCUT2D eigenvalue weighted by molar-refractivity contribution is 6.30. The summed E-state index contributed by atoms with van der Waals surface area (Å²) in [7, 11) is 0. The van der Waals surface area contributed by atoms with Crippen molar-refractivity contribution >= 4 is 17.2 Å². The van der Waals surface area contributed by atoms with Gasteiger partial charge in [-0.05, 0) is 70.9 Å². The van der Waals surface area contributed by atoms with E-state index in [1.165, 1.54) is 12.1 Å². The fraction of sp³-hybridized carbons (Fsp3) is 0.120. The predicted molar refractivity (Wildman–Crippen MR) is 114 cm³/mol. The summed E-state index contributed by atoms with van der Waals surface area (Å²) in [6, 6.07) is 22.8. The second-order valence-electron chi connectivity index (χ2n) is 6.63. The molecule has 0 aromatic heterocycles. The van der Waals surface area contributed by atoms with Crippen molar-refractivity contribution in [1.82, 2.24) is 0 Å². The topological polar surface area (TPSA) is 0 Å². The van der Waals surface area contributed by atoms with Crippen LogP contribution in [0.25, 0.3) is 5.57 Å². The van der Waals surface area contributed by atoms with E-state index in [9.17, 15) is 4.39 Å². The van der Waals surface area contributed by atoms with Gasteiger partial charge in [-0.1, -0.05) is 72.8 Å². The van der Waals surface area contributed by atoms with Crippen LogP contribution in [-0.2, 0) is 6.42 Å². The quantitative estimate of drug-likeness (QED) is 0.376. The minimum absolute atomic E-state index is 0.183. The minimum Gasteiger partial charge on any atom is -0.207 e. The molecule has 0 amide bonds. The van der Waals surface area contributed by atoms with E-state index in [4.69, 9.17) is 11.6 Å². The highest BCUT2D eigenvalue weighted by Crippen LogP contribution is 2.35. The Morgan fingerprint density at radius 3 is 2.37 bits per heavy atom. The van der Waals surface area contributed by atoms with E-state index in [0.717, 1.165) is 40.7 Å². The van der Waals surface area contributed by atoms with Crippen LogP contribution in [0.4, 0.5) is 4.39 Å². The van der Waals surface area contributed by atoms with Crippen LogP contribution < -0.4 is 0 Å². The van der Waals surface area contributed by atoms with Gasteiger partial charge in [0, 0.05) is 5.02 Å². The summed E-state index contributed by atoms with van der Waals surface area (Å²) in [6.07, 6.45) is 3.50. The molecule has 3 aromatic rings. The van der Waals surface area contributed by atoms with Gasteiger partial charge in [0.05, 0.1) is 0 Å². The van der Waals surface area contributed by atoms with Gasteiger partial charge in [-0.3, -0.25) is 0 Å². The van der Waals surface area contributed by atoms with Gasteiger partial charge in [0.1, 0.15) is 5.82 Å². The van der Waals surface area contributed by atoms with Crippen LogP contribution in [0.3, 0.4) is 0 Å². The smallest absolute Gasteiger partial charge is 0.123 e. The van der Waals surface area contributed by atoms with Gasteiger partial charge in [0.2, 0.25) is 0 Å². The SMILES string of the molecule is C=CCC(Cc1ccc(F)cc1)c1cc(Cl)ccc1C(=C)c1ccccc1. The summed E-state index contributed by atoms with van der Waals surface area (Å²) in [5.74, 6) is -0.0398. The zero-order chi connectivity index (χ0) is 19.2. The Morgan fingerprint density at radius 2 is 1.70 bits per heavy atom. The molecule has 0 saturated carbocycles. The van der Waals surface area contributed by atoms with Crippen LogP contribution in [0.2, 0.25) is 5.02 Å². The Balaban J connectivity index is 2.01. The molecule has 0 radical (unpaired) electrons. The van der Waals surface area contributed by atoms with Crippen molar-refractivity contribution < 1.29 is 4.39 Å². The minimum atomic E-state index is -0.222. The Kier molecular flexibility index (Phi) is 6.26. The van der Waals surface area contributed by atoms with Crippen molar-refractivity contribution in [2.24, 2.45) is 0 Å². The molecule has 0 aliphatic carbocycles. The molecular formula is C25H22ClF. The van der Waals surface area contributed by atoms with Crippen molar-refractivity contribution in [2.45, 2.75) is 18.8 Å². The Morgan fingerprint density at radius 1 is 1.00 bits per heavy atom. The second-order valence-corrected chi connectivity index (χ2v) is 7.06. The van der Waals surface area contributed by atoms with Gasteiger partial charge < -0.3 is 0 Å². The molecule has 0 saturated heterocycles. The first kappa shape index (κ1) is 19.1. The van der Waals surface area contributed by atoms with Crippen LogP contribution in [0, 0.1) is 5.82 Å². The maximum Gasteiger partial charge on any atom is 0.123 e. The molecular weight excluding hydrogens is 355 g/mol. The largest absolute Gasteiger partial charge is 0.207 e. The molecule has 3 rings (SSSR count). The van der Waals surface area contributed by atoms with Gasteiger partial charge >= 0.3 is 0 Å². The fourth-order valence-electron chi connectivity index (χ4n) is 3.37. The molecule has 0 spiro atoms. The highest BCUT2D eigenvalue weighted by atomic mass is 35.5. The van der Waals surface area contributed by atoms with Crippen molar-refractivity contribution in [1.29, 1.82) is 0 Å². The van der Waals surface area contributed by atoms with Crippen molar-refractivity contribution in [2.75, 3.05) is 0 Å². The predicted octanol–water partition coefficient (Wildman–Crippen LogP) is 7.44. The molecule has 0 aliphatic rings. The molecule has 2 heteroatoms. The molecule has 0 N–H and O–H groups in total. The number of hydrogen-bond donors (Lipinski definition) is 0. The fourth-order valence-corrected chi connectivity index (χ4v) is 3.55. The van der Waals surface area contributed by atoms with E-state index in [1.807, 2.05) is 54.6 Å². The van der Waals surface area contributed by atoms with Gasteiger partial charge in [-0.25, -0.2) is 4.39 Å². The molecule has 27 heavy (non-hydrogen) atoms. The van der Waals surface area contributed by atoms with Gasteiger partial charge in [-0.2, -0.15) is 0 Å². The lowest BCUT2D eigenvalue weighted by Gasteiger charge is -2.21. The third-order valence-electron chi connectivity index (χ3n) is 4.75. The number of benzene rings is 3. The first-order valence-electron chi connectivity index (χ1n) is 8.98. The van der Waals surface area contributed by atoms with Crippen molar-refractivity contribution in [3.05, 3.63) is 125 Å². The average Bonchev–Trinajstić information content (AvgIpc) is 2.69. The molecule has 1 unspecified atom stereocenters. The number of allylic oxidation sites excluding steroid dienone is 1. The molecule has 0 nitrogen and oxygen atoms in total. The van der Waals surface area contributed by atoms with Crippen molar-refractivity contribution in [3.63, 3.8) is 0 Å². The van der Waals surface area contributed by atoms with Gasteiger partial charge in [0.25, 0.3) is 0 Å². The molecule has 0 aliphatic heterocycles. The summed E-state index contributed by atoms with van der Waals surface area (Å²) in [5, 5.41) is 0.697. The van der Waals surface area contributed by atoms with Crippen LogP contribution >= 0.6 is 11.6 Å². The normalized spacial score (nSPS) is 11.8. The van der Waals surface area contributed by atoms with Crippen molar-refractivity contribution in [3.8, 4) is 0 Å². The third kappa shape index (κ3) is 4.75. The highest BCUT2D eigenvalue weighted by Gasteiger charge is 2.18. The maximum atomic E-state index is 13.3. The van der Waals surface area contributed by atoms with E-state index >= 15 is 0 Å². The number of hydrogen-bond acceptors (Lipinski definition) is 0. The monoisotopic (exact) mass is 376 g/mol.